The number of aromatic nitrogens is 1. The maximum Gasteiger partial charge on any atom is 0.221 e. The van der Waals surface area contributed by atoms with E-state index in [1.165, 1.54) is 18.3 Å². The van der Waals surface area contributed by atoms with Gasteiger partial charge in [0.25, 0.3) is 0 Å². The van der Waals surface area contributed by atoms with Gasteiger partial charge in [-0.3, -0.25) is 10.2 Å². The predicted molar refractivity (Wildman–Crippen MR) is 96.5 cm³/mol. The van der Waals surface area contributed by atoms with Crippen LogP contribution < -0.4 is 10.7 Å². The van der Waals surface area contributed by atoms with Crippen molar-refractivity contribution in [3.05, 3.63) is 54.0 Å². The summed E-state index contributed by atoms with van der Waals surface area (Å²) in [5.74, 6) is 0.498. The maximum absolute atomic E-state index is 11.4. The van der Waals surface area contributed by atoms with Crippen molar-refractivity contribution in [2.45, 2.75) is 13.8 Å². The molecule has 1 aromatic carbocycles. The number of hydrogen-bond donors (Lipinski definition) is 2. The molecule has 24 heavy (non-hydrogen) atoms. The van der Waals surface area contributed by atoms with Gasteiger partial charge >= 0.3 is 0 Å². The molecule has 0 bridgehead atoms. The molecule has 0 saturated carbocycles. The first-order valence-electron chi connectivity index (χ1n) is 7.30. The molecule has 3 rings (SSSR count). The zero-order valence-corrected chi connectivity index (χ0v) is 14.1. The summed E-state index contributed by atoms with van der Waals surface area (Å²) in [7, 11) is 0. The standard InChI is InChI=1S/C17H16N4O2S/c1-11-5-7-13(8-6-11)15-16(19-12(2)22)24-17(20-15)21-18-10-14-4-3-9-23-14/h3-10H,1-2H3,(H,19,22)(H,20,21). The monoisotopic (exact) mass is 340 g/mol. The molecule has 2 aromatic heterocycles. The highest BCUT2D eigenvalue weighted by atomic mass is 32.1. The van der Waals surface area contributed by atoms with E-state index in [0.29, 0.717) is 21.6 Å². The van der Waals surface area contributed by atoms with Crippen molar-refractivity contribution in [2.24, 2.45) is 5.10 Å². The number of rotatable bonds is 5. The molecule has 0 saturated heterocycles. The molecule has 0 aliphatic carbocycles. The molecular formula is C17H16N4O2S. The highest BCUT2D eigenvalue weighted by Crippen LogP contribution is 2.36. The van der Waals surface area contributed by atoms with Gasteiger partial charge in [0.05, 0.1) is 12.5 Å². The Morgan fingerprint density at radius 1 is 1.29 bits per heavy atom. The molecule has 1 amide bonds. The van der Waals surface area contributed by atoms with Gasteiger partial charge in [-0.25, -0.2) is 4.98 Å². The Kier molecular flexibility index (Phi) is 4.72. The predicted octanol–water partition coefficient (Wildman–Crippen LogP) is 4.12. The largest absolute Gasteiger partial charge is 0.463 e. The Bertz CT molecular complexity index is 851. The van der Waals surface area contributed by atoms with E-state index >= 15 is 0 Å². The van der Waals surface area contributed by atoms with Crippen LogP contribution in [0.3, 0.4) is 0 Å². The van der Waals surface area contributed by atoms with Crippen molar-refractivity contribution in [2.75, 3.05) is 10.7 Å². The summed E-state index contributed by atoms with van der Waals surface area (Å²) >= 11 is 1.33. The van der Waals surface area contributed by atoms with Crippen LogP contribution in [0.5, 0.6) is 0 Å². The molecule has 0 radical (unpaired) electrons. The molecule has 6 nitrogen and oxygen atoms in total. The molecule has 0 spiro atoms. The van der Waals surface area contributed by atoms with Gasteiger partial charge in [0.15, 0.2) is 0 Å². The molecule has 3 aromatic rings. The molecule has 2 heterocycles. The van der Waals surface area contributed by atoms with Crippen molar-refractivity contribution in [3.63, 3.8) is 0 Å². The summed E-state index contributed by atoms with van der Waals surface area (Å²) < 4.78 is 5.17. The fourth-order valence-electron chi connectivity index (χ4n) is 2.04. The molecule has 0 unspecified atom stereocenters. The second kappa shape index (κ2) is 7.10. The Balaban J connectivity index is 1.85. The lowest BCUT2D eigenvalue weighted by Gasteiger charge is -2.02. The van der Waals surface area contributed by atoms with Gasteiger partial charge in [-0.05, 0) is 19.1 Å². The average Bonchev–Trinajstić information content (AvgIpc) is 3.18. The first-order chi connectivity index (χ1) is 11.6. The summed E-state index contributed by atoms with van der Waals surface area (Å²) in [6.45, 7) is 3.50. The van der Waals surface area contributed by atoms with Crippen molar-refractivity contribution < 1.29 is 9.21 Å². The van der Waals surface area contributed by atoms with E-state index in [1.807, 2.05) is 31.2 Å². The van der Waals surface area contributed by atoms with Crippen LogP contribution in [0.1, 0.15) is 18.2 Å². The van der Waals surface area contributed by atoms with Crippen molar-refractivity contribution in [3.8, 4) is 11.3 Å². The molecule has 0 aliphatic rings. The third-order valence-electron chi connectivity index (χ3n) is 3.14. The van der Waals surface area contributed by atoms with E-state index in [2.05, 4.69) is 20.8 Å². The highest BCUT2D eigenvalue weighted by Gasteiger charge is 2.14. The number of nitrogens with zero attached hydrogens (tertiary/aromatic N) is 2. The first kappa shape index (κ1) is 15.9. The lowest BCUT2D eigenvalue weighted by molar-refractivity contribution is -0.114. The van der Waals surface area contributed by atoms with Crippen LogP contribution in [0.25, 0.3) is 11.3 Å². The molecule has 7 heteroatoms. The van der Waals surface area contributed by atoms with E-state index in [0.717, 1.165) is 11.1 Å². The van der Waals surface area contributed by atoms with Crippen LogP contribution in [0.4, 0.5) is 10.1 Å². The minimum Gasteiger partial charge on any atom is -0.463 e. The summed E-state index contributed by atoms with van der Waals surface area (Å²) in [5, 5.41) is 8.17. The minimum atomic E-state index is -0.141. The summed E-state index contributed by atoms with van der Waals surface area (Å²) in [6, 6.07) is 11.6. The van der Waals surface area contributed by atoms with Crippen LogP contribution in [0.15, 0.2) is 52.2 Å². The average molecular weight is 340 g/mol. The number of anilines is 2. The molecule has 0 fully saturated rings. The number of nitrogens with one attached hydrogen (secondary N) is 2. The third-order valence-corrected chi connectivity index (χ3v) is 4.01. The number of carbonyl (C=O) groups is 1. The molecule has 0 aliphatic heterocycles. The minimum absolute atomic E-state index is 0.141. The zero-order valence-electron chi connectivity index (χ0n) is 13.2. The molecule has 122 valence electrons. The number of aryl methyl sites for hydroxylation is 1. The quantitative estimate of drug-likeness (QED) is 0.541. The van der Waals surface area contributed by atoms with Crippen LogP contribution in [-0.4, -0.2) is 17.1 Å². The summed E-state index contributed by atoms with van der Waals surface area (Å²) in [5.41, 5.74) is 5.67. The topological polar surface area (TPSA) is 79.5 Å². The number of hydrazone groups is 1. The SMILES string of the molecule is CC(=O)Nc1sc(NN=Cc2ccco2)nc1-c1ccc(C)cc1. The van der Waals surface area contributed by atoms with E-state index < -0.39 is 0 Å². The van der Waals surface area contributed by atoms with Gasteiger partial charge in [0, 0.05) is 12.5 Å². The number of hydrogen-bond acceptors (Lipinski definition) is 6. The van der Waals surface area contributed by atoms with Gasteiger partial charge in [0.1, 0.15) is 16.5 Å². The molecule has 0 atom stereocenters. The van der Waals surface area contributed by atoms with E-state index in [1.54, 1.807) is 24.6 Å². The Labute approximate surface area is 143 Å². The fourth-order valence-corrected chi connectivity index (χ4v) is 2.92. The second-order valence-corrected chi connectivity index (χ2v) is 6.13. The highest BCUT2D eigenvalue weighted by molar-refractivity contribution is 7.20. The van der Waals surface area contributed by atoms with Gasteiger partial charge in [-0.2, -0.15) is 5.10 Å². The molecular weight excluding hydrogens is 324 g/mol. The number of thiazole rings is 1. The molecule has 2 N–H and O–H groups in total. The normalized spacial score (nSPS) is 10.9. The first-order valence-corrected chi connectivity index (χ1v) is 8.11. The smallest absolute Gasteiger partial charge is 0.221 e. The van der Waals surface area contributed by atoms with Crippen LogP contribution >= 0.6 is 11.3 Å². The van der Waals surface area contributed by atoms with Gasteiger partial charge in [0.2, 0.25) is 11.0 Å². The Morgan fingerprint density at radius 3 is 2.75 bits per heavy atom. The van der Waals surface area contributed by atoms with Crippen LogP contribution in [0, 0.1) is 6.92 Å². The van der Waals surface area contributed by atoms with Crippen LogP contribution in [0.2, 0.25) is 0 Å². The summed E-state index contributed by atoms with van der Waals surface area (Å²) in [4.78, 5) is 16.0. The van der Waals surface area contributed by atoms with E-state index in [9.17, 15) is 4.79 Å². The van der Waals surface area contributed by atoms with Crippen LogP contribution in [-0.2, 0) is 4.79 Å². The Morgan fingerprint density at radius 2 is 2.08 bits per heavy atom. The lowest BCUT2D eigenvalue weighted by atomic mass is 10.1. The van der Waals surface area contributed by atoms with E-state index in [-0.39, 0.29) is 5.91 Å². The van der Waals surface area contributed by atoms with Crippen molar-refractivity contribution in [1.29, 1.82) is 0 Å². The van der Waals surface area contributed by atoms with Crippen molar-refractivity contribution >= 4 is 33.6 Å². The Hall–Kier alpha value is -2.93. The number of amides is 1. The zero-order chi connectivity index (χ0) is 16.9. The number of carbonyl (C=O) groups excluding carboxylic acids is 1. The second-order valence-electron chi connectivity index (χ2n) is 5.13. The maximum atomic E-state index is 11.4. The fraction of sp³-hybridized carbons (Fsp3) is 0.118. The van der Waals surface area contributed by atoms with Gasteiger partial charge in [-0.15, -0.1) is 0 Å². The van der Waals surface area contributed by atoms with E-state index in [4.69, 9.17) is 4.42 Å². The van der Waals surface area contributed by atoms with Crippen molar-refractivity contribution in [1.82, 2.24) is 4.98 Å². The lowest BCUT2D eigenvalue weighted by Crippen LogP contribution is -2.05. The third kappa shape index (κ3) is 3.88. The van der Waals surface area contributed by atoms with Gasteiger partial charge < -0.3 is 9.73 Å². The number of benzene rings is 1. The van der Waals surface area contributed by atoms with Gasteiger partial charge in [-0.1, -0.05) is 41.2 Å². The number of furan rings is 1. The summed E-state index contributed by atoms with van der Waals surface area (Å²) in [6.07, 6.45) is 3.14.